The SMILES string of the molecule is CCOC(=O)Cc1cc(C#N)c(S)cc1OC. The van der Waals surface area contributed by atoms with Crippen LogP contribution in [-0.2, 0) is 16.0 Å². The second-order valence-corrected chi connectivity index (χ2v) is 3.76. The van der Waals surface area contributed by atoms with E-state index in [1.165, 1.54) is 7.11 Å². The van der Waals surface area contributed by atoms with Crippen molar-refractivity contribution in [1.82, 2.24) is 0 Å². The van der Waals surface area contributed by atoms with E-state index in [0.717, 1.165) is 0 Å². The van der Waals surface area contributed by atoms with E-state index in [9.17, 15) is 4.79 Å². The molecular formula is C12H13NO3S. The Labute approximate surface area is 106 Å². The Morgan fingerprint density at radius 3 is 2.76 bits per heavy atom. The molecule has 5 heteroatoms. The first-order valence-corrected chi connectivity index (χ1v) is 5.52. The number of benzene rings is 1. The molecule has 0 spiro atoms. The van der Waals surface area contributed by atoms with Gasteiger partial charge in [0.2, 0.25) is 0 Å². The monoisotopic (exact) mass is 251 g/mol. The lowest BCUT2D eigenvalue weighted by Gasteiger charge is -2.09. The second kappa shape index (κ2) is 6.16. The number of rotatable bonds is 4. The fraction of sp³-hybridized carbons (Fsp3) is 0.333. The van der Waals surface area contributed by atoms with Crippen molar-refractivity contribution in [2.24, 2.45) is 0 Å². The molecule has 0 radical (unpaired) electrons. The summed E-state index contributed by atoms with van der Waals surface area (Å²) in [4.78, 5) is 11.9. The number of ether oxygens (including phenoxy) is 2. The van der Waals surface area contributed by atoms with Gasteiger partial charge in [0, 0.05) is 10.5 Å². The molecule has 0 saturated heterocycles. The molecule has 17 heavy (non-hydrogen) atoms. The van der Waals surface area contributed by atoms with E-state index in [4.69, 9.17) is 14.7 Å². The van der Waals surface area contributed by atoms with Crippen LogP contribution in [0.5, 0.6) is 5.75 Å². The lowest BCUT2D eigenvalue weighted by Crippen LogP contribution is -2.08. The van der Waals surface area contributed by atoms with Gasteiger partial charge in [-0.25, -0.2) is 0 Å². The summed E-state index contributed by atoms with van der Waals surface area (Å²) in [6.07, 6.45) is 0.0831. The number of carbonyl (C=O) groups is 1. The number of nitrogens with zero attached hydrogens (tertiary/aromatic N) is 1. The van der Waals surface area contributed by atoms with Gasteiger partial charge in [0.1, 0.15) is 11.8 Å². The smallest absolute Gasteiger partial charge is 0.310 e. The van der Waals surface area contributed by atoms with Crippen LogP contribution in [0.2, 0.25) is 0 Å². The van der Waals surface area contributed by atoms with Gasteiger partial charge in [0.05, 0.1) is 25.7 Å². The number of esters is 1. The number of hydrogen-bond donors (Lipinski definition) is 1. The van der Waals surface area contributed by atoms with Crippen molar-refractivity contribution < 1.29 is 14.3 Å². The maximum Gasteiger partial charge on any atom is 0.310 e. The number of carbonyl (C=O) groups excluding carboxylic acids is 1. The third kappa shape index (κ3) is 3.40. The minimum Gasteiger partial charge on any atom is -0.496 e. The molecule has 0 heterocycles. The van der Waals surface area contributed by atoms with E-state index in [1.807, 2.05) is 6.07 Å². The summed E-state index contributed by atoms with van der Waals surface area (Å²) < 4.78 is 9.99. The Morgan fingerprint density at radius 1 is 1.53 bits per heavy atom. The van der Waals surface area contributed by atoms with Crippen molar-refractivity contribution in [2.75, 3.05) is 13.7 Å². The molecule has 0 fully saturated rings. The van der Waals surface area contributed by atoms with Gasteiger partial charge in [0.15, 0.2) is 0 Å². The molecule has 0 bridgehead atoms. The maximum absolute atomic E-state index is 11.4. The molecule has 1 aromatic carbocycles. The Bertz CT molecular complexity index is 466. The van der Waals surface area contributed by atoms with Crippen LogP contribution in [0.3, 0.4) is 0 Å². The molecule has 0 unspecified atom stereocenters. The van der Waals surface area contributed by atoms with Crippen LogP contribution in [0.25, 0.3) is 0 Å². The molecule has 0 aliphatic carbocycles. The van der Waals surface area contributed by atoms with Gasteiger partial charge in [-0.05, 0) is 19.1 Å². The number of nitriles is 1. The molecule has 0 aliphatic heterocycles. The maximum atomic E-state index is 11.4. The topological polar surface area (TPSA) is 59.3 Å². The summed E-state index contributed by atoms with van der Waals surface area (Å²) in [6, 6.07) is 5.22. The zero-order valence-electron chi connectivity index (χ0n) is 9.69. The third-order valence-corrected chi connectivity index (χ3v) is 2.53. The van der Waals surface area contributed by atoms with Crippen LogP contribution < -0.4 is 4.74 Å². The molecule has 0 aliphatic rings. The largest absolute Gasteiger partial charge is 0.496 e. The fourth-order valence-electron chi connectivity index (χ4n) is 1.40. The minimum absolute atomic E-state index is 0.0831. The number of thiol groups is 1. The van der Waals surface area contributed by atoms with Crippen molar-refractivity contribution in [3.05, 3.63) is 23.3 Å². The van der Waals surface area contributed by atoms with E-state index in [-0.39, 0.29) is 12.4 Å². The highest BCUT2D eigenvalue weighted by atomic mass is 32.1. The highest BCUT2D eigenvalue weighted by Crippen LogP contribution is 2.26. The van der Waals surface area contributed by atoms with Crippen molar-refractivity contribution in [3.8, 4) is 11.8 Å². The predicted molar refractivity (Wildman–Crippen MR) is 65.3 cm³/mol. The molecule has 4 nitrogen and oxygen atoms in total. The molecular weight excluding hydrogens is 238 g/mol. The van der Waals surface area contributed by atoms with E-state index < -0.39 is 0 Å². The summed E-state index contributed by atoms with van der Waals surface area (Å²) in [5, 5.41) is 8.89. The lowest BCUT2D eigenvalue weighted by molar-refractivity contribution is -0.142. The first-order chi connectivity index (χ1) is 8.12. The summed E-state index contributed by atoms with van der Waals surface area (Å²) in [5.74, 6) is 0.184. The van der Waals surface area contributed by atoms with Crippen LogP contribution in [0, 0.1) is 11.3 Å². The van der Waals surface area contributed by atoms with E-state index in [1.54, 1.807) is 19.1 Å². The Hall–Kier alpha value is -1.67. The molecule has 0 atom stereocenters. The van der Waals surface area contributed by atoms with E-state index in [0.29, 0.717) is 28.4 Å². The molecule has 0 aromatic heterocycles. The van der Waals surface area contributed by atoms with Crippen LogP contribution >= 0.6 is 12.6 Å². The highest BCUT2D eigenvalue weighted by Gasteiger charge is 2.12. The average molecular weight is 251 g/mol. The van der Waals surface area contributed by atoms with Crippen LogP contribution in [0.15, 0.2) is 17.0 Å². The summed E-state index contributed by atoms with van der Waals surface area (Å²) >= 11 is 4.16. The molecule has 0 saturated carbocycles. The average Bonchev–Trinajstić information content (AvgIpc) is 2.31. The fourth-order valence-corrected chi connectivity index (χ4v) is 1.63. The Kier molecular flexibility index (Phi) is 4.85. The molecule has 1 rings (SSSR count). The van der Waals surface area contributed by atoms with Crippen LogP contribution in [0.4, 0.5) is 0 Å². The highest BCUT2D eigenvalue weighted by molar-refractivity contribution is 7.80. The first kappa shape index (κ1) is 13.4. The third-order valence-electron chi connectivity index (χ3n) is 2.16. The van der Waals surface area contributed by atoms with Crippen LogP contribution in [0.1, 0.15) is 18.1 Å². The summed E-state index contributed by atoms with van der Waals surface area (Å²) in [5.41, 5.74) is 1.04. The zero-order valence-corrected chi connectivity index (χ0v) is 10.6. The van der Waals surface area contributed by atoms with Gasteiger partial charge in [-0.15, -0.1) is 12.6 Å². The van der Waals surface area contributed by atoms with E-state index >= 15 is 0 Å². The molecule has 90 valence electrons. The lowest BCUT2D eigenvalue weighted by atomic mass is 10.1. The van der Waals surface area contributed by atoms with Gasteiger partial charge in [-0.3, -0.25) is 4.79 Å². The standard InChI is InChI=1S/C12H13NO3S/c1-3-16-12(14)5-8-4-9(7-13)11(17)6-10(8)15-2/h4,6,17H,3,5H2,1-2H3. The van der Waals surface area contributed by atoms with Crippen molar-refractivity contribution in [3.63, 3.8) is 0 Å². The second-order valence-electron chi connectivity index (χ2n) is 3.27. The van der Waals surface area contributed by atoms with E-state index in [2.05, 4.69) is 12.6 Å². The van der Waals surface area contributed by atoms with Gasteiger partial charge in [-0.2, -0.15) is 5.26 Å². The predicted octanol–water partition coefficient (Wildman–Crippen LogP) is 1.96. The zero-order chi connectivity index (χ0) is 12.8. The van der Waals surface area contributed by atoms with Crippen molar-refractivity contribution in [2.45, 2.75) is 18.2 Å². The van der Waals surface area contributed by atoms with Gasteiger partial charge < -0.3 is 9.47 Å². The first-order valence-electron chi connectivity index (χ1n) is 5.08. The quantitative estimate of drug-likeness (QED) is 0.656. The molecule has 0 N–H and O–H groups in total. The Morgan fingerprint density at radius 2 is 2.24 bits per heavy atom. The number of hydrogen-bond acceptors (Lipinski definition) is 5. The minimum atomic E-state index is -0.346. The molecule has 0 amide bonds. The van der Waals surface area contributed by atoms with Gasteiger partial charge in [-0.1, -0.05) is 0 Å². The Balaban J connectivity index is 3.05. The van der Waals surface area contributed by atoms with Crippen LogP contribution in [-0.4, -0.2) is 19.7 Å². The van der Waals surface area contributed by atoms with Crippen molar-refractivity contribution in [1.29, 1.82) is 5.26 Å². The molecule has 1 aromatic rings. The number of methoxy groups -OCH3 is 1. The van der Waals surface area contributed by atoms with Gasteiger partial charge in [0.25, 0.3) is 0 Å². The summed E-state index contributed by atoms with van der Waals surface area (Å²) in [6.45, 7) is 2.07. The van der Waals surface area contributed by atoms with Gasteiger partial charge >= 0.3 is 5.97 Å². The summed E-state index contributed by atoms with van der Waals surface area (Å²) in [7, 11) is 1.50. The normalized spacial score (nSPS) is 9.53. The van der Waals surface area contributed by atoms with Crippen molar-refractivity contribution >= 4 is 18.6 Å².